The van der Waals surface area contributed by atoms with Gasteiger partial charge < -0.3 is 30.6 Å². The first-order chi connectivity index (χ1) is 15.1. The van der Waals surface area contributed by atoms with Crippen LogP contribution in [0.4, 0.5) is 4.79 Å². The van der Waals surface area contributed by atoms with Crippen molar-refractivity contribution in [3.05, 3.63) is 29.1 Å². The maximum Gasteiger partial charge on any atom is 0.407 e. The Balaban J connectivity index is 1.88. The second-order valence-corrected chi connectivity index (χ2v) is 8.92. The predicted octanol–water partition coefficient (Wildman–Crippen LogP) is -0.782. The lowest BCUT2D eigenvalue weighted by molar-refractivity contribution is -0.164. The number of nitrogens with zero attached hydrogens (tertiary/aromatic N) is 1. The highest BCUT2D eigenvalue weighted by Gasteiger charge is 2.52. The molecule has 0 bridgehead atoms. The summed E-state index contributed by atoms with van der Waals surface area (Å²) in [5.41, 5.74) is -4.76. The summed E-state index contributed by atoms with van der Waals surface area (Å²) in [4.78, 5) is 56.0. The average Bonchev–Trinajstić information content (AvgIpc) is 3.02. The quantitative estimate of drug-likeness (QED) is 0.196. The molecule has 1 fully saturated rings. The number of hydrogen-bond acceptors (Lipinski definition) is 8. The van der Waals surface area contributed by atoms with Gasteiger partial charge in [0.1, 0.15) is 30.3 Å². The Bertz CT molecular complexity index is 1150. The molecule has 1 aliphatic heterocycles. The molecule has 6 N–H and O–H groups in total. The summed E-state index contributed by atoms with van der Waals surface area (Å²) in [7, 11) is 5.41. The number of nitrogens with one attached hydrogen (secondary N) is 4. The van der Waals surface area contributed by atoms with E-state index < -0.39 is 47.1 Å². The largest absolute Gasteiger partial charge is 0.444 e. The fourth-order valence-corrected chi connectivity index (χ4v) is 3.29. The Kier molecular flexibility index (Phi) is 5.98. The van der Waals surface area contributed by atoms with E-state index in [1.54, 1.807) is 39.1 Å². The van der Waals surface area contributed by atoms with E-state index in [1.807, 2.05) is 0 Å². The molecule has 2 atom stereocenters. The summed E-state index contributed by atoms with van der Waals surface area (Å²) in [5, 5.41) is 27.0. The maximum atomic E-state index is 13.0. The summed E-state index contributed by atoms with van der Waals surface area (Å²) < 4.78 is 5.19. The third-order valence-corrected chi connectivity index (χ3v) is 4.69. The van der Waals surface area contributed by atoms with E-state index in [-0.39, 0.29) is 17.6 Å². The minimum Gasteiger partial charge on any atom is -0.444 e. The van der Waals surface area contributed by atoms with Gasteiger partial charge in [-0.2, -0.15) is 0 Å². The lowest BCUT2D eigenvalue weighted by Gasteiger charge is -2.38. The van der Waals surface area contributed by atoms with E-state index >= 15 is 0 Å². The second-order valence-electron chi connectivity index (χ2n) is 8.92. The minimum atomic E-state index is -2.66. The van der Waals surface area contributed by atoms with Gasteiger partial charge in [0, 0.05) is 13.0 Å². The van der Waals surface area contributed by atoms with Gasteiger partial charge in [0.05, 0.1) is 11.1 Å². The van der Waals surface area contributed by atoms with Crippen LogP contribution >= 0.6 is 0 Å². The molecule has 13 heteroatoms. The van der Waals surface area contributed by atoms with Crippen molar-refractivity contribution in [3.8, 4) is 0 Å². The molecule has 2 radical (unpaired) electrons. The molecule has 2 heterocycles. The van der Waals surface area contributed by atoms with Crippen molar-refractivity contribution in [2.24, 2.45) is 0 Å². The van der Waals surface area contributed by atoms with Crippen LogP contribution in [0.15, 0.2) is 12.1 Å². The first-order valence-electron chi connectivity index (χ1n) is 9.98. The monoisotopic (exact) mass is 457 g/mol. The van der Waals surface area contributed by atoms with E-state index in [4.69, 9.17) is 12.6 Å². The zero-order chi connectivity index (χ0) is 24.8. The van der Waals surface area contributed by atoms with Gasteiger partial charge in [-0.3, -0.25) is 19.7 Å². The first-order valence-corrected chi connectivity index (χ1v) is 9.98. The molecule has 1 aromatic carbocycles. The number of aliphatic hydroxyl groups is 2. The molecule has 4 amide bonds. The molecular formula is C20H24BN5O7. The number of piperidine rings is 1. The third-order valence-electron chi connectivity index (χ3n) is 4.69. The highest BCUT2D eigenvalue weighted by Crippen LogP contribution is 2.25. The van der Waals surface area contributed by atoms with Crippen molar-refractivity contribution in [2.75, 3.05) is 0 Å². The number of amides is 4. The standard InChI is InChI=1S/C20H24BN5O7/c1-9-23-12-6-10(7-22-17(30)33-18(2,3)4)5-11(13(12)24-9)14(27)26-20(32)8-19(21,31)15(28)25-16(20)29/h5-6,31-32H,7-8H2,1-4H3,(H,22,30)(H,23,24)(H,26,27)(H,25,28,29). The number of alkyl carbamates (subject to hydrolysis) is 1. The van der Waals surface area contributed by atoms with E-state index in [2.05, 4.69) is 20.6 Å². The molecule has 2 unspecified atom stereocenters. The molecule has 0 saturated carbocycles. The molecule has 12 nitrogen and oxygen atoms in total. The molecule has 3 rings (SSSR count). The highest BCUT2D eigenvalue weighted by atomic mass is 16.6. The fraction of sp³-hybridized carbons (Fsp3) is 0.450. The molecule has 0 spiro atoms. The molecule has 1 aliphatic rings. The summed E-state index contributed by atoms with van der Waals surface area (Å²) in [6.07, 6.45) is -1.62. The Labute approximate surface area is 189 Å². The Hall–Kier alpha value is -3.45. The fourth-order valence-electron chi connectivity index (χ4n) is 3.29. The number of H-pyrrole nitrogens is 1. The number of benzene rings is 1. The summed E-state index contributed by atoms with van der Waals surface area (Å²) in [6, 6.07) is 3.09. The molecule has 2 aromatic rings. The summed E-state index contributed by atoms with van der Waals surface area (Å²) in [6.45, 7) is 6.83. The Morgan fingerprint density at radius 2 is 1.91 bits per heavy atom. The molecule has 0 aliphatic carbocycles. The van der Waals surface area contributed by atoms with Crippen LogP contribution in [-0.2, 0) is 20.9 Å². The van der Waals surface area contributed by atoms with Crippen LogP contribution in [0.25, 0.3) is 11.0 Å². The van der Waals surface area contributed by atoms with E-state index in [0.717, 1.165) is 0 Å². The number of aromatic amines is 1. The lowest BCUT2D eigenvalue weighted by atomic mass is 9.72. The number of aromatic nitrogens is 2. The number of imide groups is 1. The van der Waals surface area contributed by atoms with Crippen molar-refractivity contribution in [3.63, 3.8) is 0 Å². The van der Waals surface area contributed by atoms with E-state index in [0.29, 0.717) is 16.9 Å². The maximum absolute atomic E-state index is 13.0. The van der Waals surface area contributed by atoms with Crippen molar-refractivity contribution in [2.45, 2.75) is 57.5 Å². The van der Waals surface area contributed by atoms with Crippen molar-refractivity contribution < 1.29 is 34.1 Å². The Morgan fingerprint density at radius 1 is 1.24 bits per heavy atom. The predicted molar refractivity (Wildman–Crippen MR) is 115 cm³/mol. The van der Waals surface area contributed by atoms with Crippen LogP contribution < -0.4 is 16.0 Å². The topological polar surface area (TPSA) is 183 Å². The molecular weight excluding hydrogens is 433 g/mol. The number of carbonyl (C=O) groups is 4. The van der Waals surface area contributed by atoms with Crippen LogP contribution in [-0.4, -0.2) is 68.7 Å². The minimum absolute atomic E-state index is 0.00497. The first kappa shape index (κ1) is 24.2. The third kappa shape index (κ3) is 5.31. The van der Waals surface area contributed by atoms with Crippen LogP contribution in [0.1, 0.15) is 48.9 Å². The number of carbonyl (C=O) groups excluding carboxylic acids is 4. The molecule has 1 aromatic heterocycles. The summed E-state index contributed by atoms with van der Waals surface area (Å²) >= 11 is 0. The molecule has 1 saturated heterocycles. The number of hydrogen-bond donors (Lipinski definition) is 6. The lowest BCUT2D eigenvalue weighted by Crippen LogP contribution is -2.71. The molecule has 174 valence electrons. The zero-order valence-corrected chi connectivity index (χ0v) is 18.5. The molecule has 33 heavy (non-hydrogen) atoms. The van der Waals surface area contributed by atoms with Gasteiger partial charge in [-0.25, -0.2) is 9.78 Å². The van der Waals surface area contributed by atoms with Crippen molar-refractivity contribution in [1.82, 2.24) is 25.9 Å². The zero-order valence-electron chi connectivity index (χ0n) is 18.5. The van der Waals surface area contributed by atoms with Gasteiger partial charge in [0.25, 0.3) is 11.8 Å². The number of ether oxygens (including phenoxy) is 1. The SMILES string of the molecule is [B]C1(O)CC(O)(NC(=O)c2cc(CNC(=O)OC(C)(C)C)cc3[nH]c(C)nc23)C(=O)NC1=O. The van der Waals surface area contributed by atoms with Crippen LogP contribution in [0.2, 0.25) is 0 Å². The average molecular weight is 457 g/mol. The van der Waals surface area contributed by atoms with Gasteiger partial charge in [-0.15, -0.1) is 0 Å². The van der Waals surface area contributed by atoms with Crippen molar-refractivity contribution >= 4 is 42.7 Å². The second kappa shape index (κ2) is 8.16. The number of aryl methyl sites for hydroxylation is 1. The van der Waals surface area contributed by atoms with E-state index in [1.165, 1.54) is 6.07 Å². The van der Waals surface area contributed by atoms with Gasteiger partial charge >= 0.3 is 6.09 Å². The van der Waals surface area contributed by atoms with Gasteiger partial charge in [-0.05, 0) is 45.4 Å². The van der Waals surface area contributed by atoms with Crippen LogP contribution in [0.5, 0.6) is 0 Å². The summed E-state index contributed by atoms with van der Waals surface area (Å²) in [5.74, 6) is -2.87. The number of rotatable bonds is 4. The number of imidazole rings is 1. The normalized spacial score (nSPS) is 23.2. The van der Waals surface area contributed by atoms with Crippen molar-refractivity contribution in [1.29, 1.82) is 0 Å². The van der Waals surface area contributed by atoms with Crippen LogP contribution in [0.3, 0.4) is 0 Å². The van der Waals surface area contributed by atoms with Crippen LogP contribution in [0, 0.1) is 6.92 Å². The Morgan fingerprint density at radius 3 is 2.55 bits per heavy atom. The highest BCUT2D eigenvalue weighted by molar-refractivity contribution is 6.30. The number of fused-ring (bicyclic) bond motifs is 1. The van der Waals surface area contributed by atoms with Gasteiger partial charge in [-0.1, -0.05) is 0 Å². The smallest absolute Gasteiger partial charge is 0.407 e. The van der Waals surface area contributed by atoms with E-state index in [9.17, 15) is 29.4 Å². The van der Waals surface area contributed by atoms with Gasteiger partial charge in [0.2, 0.25) is 11.6 Å². The van der Waals surface area contributed by atoms with Gasteiger partial charge in [0.15, 0.2) is 0 Å².